The van der Waals surface area contributed by atoms with Crippen LogP contribution in [0.5, 0.6) is 0 Å². The Morgan fingerprint density at radius 2 is 2.00 bits per heavy atom. The number of nitrogens with zero attached hydrogens (tertiary/aromatic N) is 1. The van der Waals surface area contributed by atoms with Gasteiger partial charge in [0.05, 0.1) is 11.2 Å². The molecule has 1 aromatic heterocycles. The molecule has 0 amide bonds. The van der Waals surface area contributed by atoms with E-state index in [1.54, 1.807) is 0 Å². The zero-order valence-electron chi connectivity index (χ0n) is 10.3. The van der Waals surface area contributed by atoms with Crippen LogP contribution < -0.4 is 5.32 Å². The summed E-state index contributed by atoms with van der Waals surface area (Å²) >= 11 is 5.96. The van der Waals surface area contributed by atoms with Gasteiger partial charge in [0, 0.05) is 17.3 Å². The first-order valence-corrected chi connectivity index (χ1v) is 6.94. The quantitative estimate of drug-likeness (QED) is 0.853. The molecule has 0 spiro atoms. The van der Waals surface area contributed by atoms with Crippen LogP contribution in [-0.4, -0.2) is 16.9 Å². The van der Waals surface area contributed by atoms with Crippen LogP contribution >= 0.6 is 11.6 Å². The van der Waals surface area contributed by atoms with E-state index in [1.165, 1.54) is 5.39 Å². The number of pyridine rings is 1. The summed E-state index contributed by atoms with van der Waals surface area (Å²) in [6.45, 7) is 1.89. The van der Waals surface area contributed by atoms with Crippen LogP contribution in [0.1, 0.15) is 18.5 Å². The Morgan fingerprint density at radius 3 is 2.83 bits per heavy atom. The fourth-order valence-corrected chi connectivity index (χ4v) is 2.94. The average molecular weight is 261 g/mol. The monoisotopic (exact) mass is 260 g/mol. The van der Waals surface area contributed by atoms with Gasteiger partial charge in [-0.3, -0.25) is 4.98 Å². The van der Waals surface area contributed by atoms with Crippen LogP contribution in [0.3, 0.4) is 0 Å². The van der Waals surface area contributed by atoms with Crippen molar-refractivity contribution in [3.8, 4) is 0 Å². The number of rotatable bonds is 4. The third kappa shape index (κ3) is 2.65. The number of alkyl halides is 1. The van der Waals surface area contributed by atoms with E-state index in [1.807, 2.05) is 12.1 Å². The molecule has 0 bridgehead atoms. The molecule has 1 aliphatic rings. The molecule has 2 nitrogen and oxygen atoms in total. The molecule has 1 heterocycles. The van der Waals surface area contributed by atoms with Gasteiger partial charge < -0.3 is 5.32 Å². The zero-order valence-corrected chi connectivity index (χ0v) is 11.0. The van der Waals surface area contributed by atoms with Crippen LogP contribution in [0, 0.1) is 5.92 Å². The molecular weight excluding hydrogens is 244 g/mol. The van der Waals surface area contributed by atoms with Crippen LogP contribution in [0.2, 0.25) is 0 Å². The molecule has 0 aliphatic heterocycles. The average Bonchev–Trinajstić information content (AvgIpc) is 2.36. The standard InChI is InChI=1S/C15H17ClN2/c16-13-7-11(8-13)9-17-10-14-6-5-12-3-1-2-4-15(12)18-14/h1-6,11,13,17H,7-10H2. The molecule has 94 valence electrons. The highest BCUT2D eigenvalue weighted by Gasteiger charge is 2.26. The smallest absolute Gasteiger partial charge is 0.0705 e. The van der Waals surface area contributed by atoms with Gasteiger partial charge in [-0.1, -0.05) is 24.3 Å². The first kappa shape index (κ1) is 11.9. The lowest BCUT2D eigenvalue weighted by Crippen LogP contribution is -2.33. The molecule has 0 radical (unpaired) electrons. The maximum Gasteiger partial charge on any atom is 0.0705 e. The molecule has 0 atom stereocenters. The lowest BCUT2D eigenvalue weighted by molar-refractivity contribution is 0.308. The number of hydrogen-bond acceptors (Lipinski definition) is 2. The summed E-state index contributed by atoms with van der Waals surface area (Å²) < 4.78 is 0. The van der Waals surface area contributed by atoms with Gasteiger partial charge in [0.1, 0.15) is 0 Å². The summed E-state index contributed by atoms with van der Waals surface area (Å²) in [5.41, 5.74) is 2.18. The summed E-state index contributed by atoms with van der Waals surface area (Å²) in [6, 6.07) is 12.5. The molecule has 1 saturated carbocycles. The third-order valence-electron chi connectivity index (χ3n) is 3.57. The number of halogens is 1. The van der Waals surface area contributed by atoms with Crippen molar-refractivity contribution < 1.29 is 0 Å². The van der Waals surface area contributed by atoms with Gasteiger partial charge in [0.15, 0.2) is 0 Å². The van der Waals surface area contributed by atoms with Crippen molar-refractivity contribution in [1.82, 2.24) is 10.3 Å². The van der Waals surface area contributed by atoms with E-state index in [9.17, 15) is 0 Å². The number of para-hydroxylation sites is 1. The van der Waals surface area contributed by atoms with E-state index in [0.717, 1.165) is 43.1 Å². The van der Waals surface area contributed by atoms with Crippen molar-refractivity contribution in [2.24, 2.45) is 5.92 Å². The highest BCUT2D eigenvalue weighted by atomic mass is 35.5. The Morgan fingerprint density at radius 1 is 1.17 bits per heavy atom. The zero-order chi connectivity index (χ0) is 12.4. The molecule has 1 aromatic carbocycles. The molecule has 2 aromatic rings. The predicted octanol–water partition coefficient (Wildman–Crippen LogP) is 3.34. The van der Waals surface area contributed by atoms with Crippen molar-refractivity contribution in [2.45, 2.75) is 24.8 Å². The fraction of sp³-hybridized carbons (Fsp3) is 0.400. The largest absolute Gasteiger partial charge is 0.311 e. The van der Waals surface area contributed by atoms with E-state index in [-0.39, 0.29) is 0 Å². The Kier molecular flexibility index (Phi) is 3.48. The van der Waals surface area contributed by atoms with Crippen LogP contribution in [-0.2, 0) is 6.54 Å². The van der Waals surface area contributed by atoms with Crippen molar-refractivity contribution in [3.63, 3.8) is 0 Å². The van der Waals surface area contributed by atoms with Crippen LogP contribution in [0.4, 0.5) is 0 Å². The molecule has 0 saturated heterocycles. The first-order chi connectivity index (χ1) is 8.81. The van der Waals surface area contributed by atoms with Gasteiger partial charge in [0.25, 0.3) is 0 Å². The number of benzene rings is 1. The minimum absolute atomic E-state index is 0.413. The topological polar surface area (TPSA) is 24.9 Å². The maximum atomic E-state index is 5.96. The van der Waals surface area contributed by atoms with Gasteiger partial charge in [-0.25, -0.2) is 0 Å². The van der Waals surface area contributed by atoms with Crippen molar-refractivity contribution >= 4 is 22.5 Å². The van der Waals surface area contributed by atoms with Crippen LogP contribution in [0.25, 0.3) is 10.9 Å². The third-order valence-corrected chi connectivity index (χ3v) is 3.93. The number of aromatic nitrogens is 1. The molecular formula is C15H17ClN2. The Balaban J connectivity index is 1.57. The lowest BCUT2D eigenvalue weighted by Gasteiger charge is -2.30. The second-order valence-electron chi connectivity index (χ2n) is 5.06. The predicted molar refractivity (Wildman–Crippen MR) is 75.8 cm³/mol. The minimum Gasteiger partial charge on any atom is -0.311 e. The van der Waals surface area contributed by atoms with Crippen molar-refractivity contribution in [3.05, 3.63) is 42.1 Å². The summed E-state index contributed by atoms with van der Waals surface area (Å²) in [4.78, 5) is 4.64. The van der Waals surface area contributed by atoms with E-state index in [0.29, 0.717) is 5.38 Å². The summed E-state index contributed by atoms with van der Waals surface area (Å²) in [5, 5.41) is 5.08. The molecule has 1 fully saturated rings. The number of nitrogens with one attached hydrogen (secondary N) is 1. The maximum absolute atomic E-state index is 5.96. The molecule has 3 heteroatoms. The SMILES string of the molecule is ClC1CC(CNCc2ccc3ccccc3n2)C1. The Bertz CT molecular complexity index is 535. The molecule has 3 rings (SSSR count). The Labute approximate surface area is 112 Å². The molecule has 18 heavy (non-hydrogen) atoms. The highest BCUT2D eigenvalue weighted by molar-refractivity contribution is 6.21. The highest BCUT2D eigenvalue weighted by Crippen LogP contribution is 2.31. The molecule has 1 N–H and O–H groups in total. The van der Waals surface area contributed by atoms with E-state index < -0.39 is 0 Å². The van der Waals surface area contributed by atoms with Gasteiger partial charge in [-0.2, -0.15) is 0 Å². The van der Waals surface area contributed by atoms with Gasteiger partial charge in [0.2, 0.25) is 0 Å². The molecule has 0 unspecified atom stereocenters. The number of hydrogen-bond donors (Lipinski definition) is 1. The van der Waals surface area contributed by atoms with Crippen LogP contribution in [0.15, 0.2) is 36.4 Å². The fourth-order valence-electron chi connectivity index (χ4n) is 2.43. The van der Waals surface area contributed by atoms with Crippen molar-refractivity contribution in [2.75, 3.05) is 6.54 Å². The second-order valence-corrected chi connectivity index (χ2v) is 5.68. The summed E-state index contributed by atoms with van der Waals surface area (Å²) in [5.74, 6) is 0.757. The van der Waals surface area contributed by atoms with E-state index in [4.69, 9.17) is 11.6 Å². The summed E-state index contributed by atoms with van der Waals surface area (Å²) in [7, 11) is 0. The lowest BCUT2D eigenvalue weighted by atomic mass is 9.85. The summed E-state index contributed by atoms with van der Waals surface area (Å²) in [6.07, 6.45) is 2.30. The van der Waals surface area contributed by atoms with Crippen molar-refractivity contribution in [1.29, 1.82) is 0 Å². The normalized spacial score (nSPS) is 22.9. The second kappa shape index (κ2) is 5.25. The van der Waals surface area contributed by atoms with Gasteiger partial charge in [-0.05, 0) is 37.4 Å². The number of fused-ring (bicyclic) bond motifs is 1. The molecule has 1 aliphatic carbocycles. The van der Waals surface area contributed by atoms with Gasteiger partial charge >= 0.3 is 0 Å². The Hall–Kier alpha value is -1.12. The van der Waals surface area contributed by atoms with E-state index >= 15 is 0 Å². The van der Waals surface area contributed by atoms with E-state index in [2.05, 4.69) is 34.6 Å². The van der Waals surface area contributed by atoms with Gasteiger partial charge in [-0.15, -0.1) is 11.6 Å². The minimum atomic E-state index is 0.413. The first-order valence-electron chi connectivity index (χ1n) is 6.51.